The Morgan fingerprint density at radius 2 is 2.16 bits per heavy atom. The van der Waals surface area contributed by atoms with E-state index in [1.807, 2.05) is 30.5 Å². The first kappa shape index (κ1) is 13.6. The molecule has 0 spiro atoms. The van der Waals surface area contributed by atoms with Crippen LogP contribution in [0, 0.1) is 5.92 Å². The zero-order valence-corrected chi connectivity index (χ0v) is 11.4. The van der Waals surface area contributed by atoms with Gasteiger partial charge >= 0.3 is 0 Å². The highest BCUT2D eigenvalue weighted by Crippen LogP contribution is 2.14. The van der Waals surface area contributed by atoms with Crippen LogP contribution in [0.4, 0.5) is 0 Å². The van der Waals surface area contributed by atoms with Gasteiger partial charge in [0.1, 0.15) is 0 Å². The fourth-order valence-electron chi connectivity index (χ4n) is 2.25. The van der Waals surface area contributed by atoms with Gasteiger partial charge in [-0.15, -0.1) is 0 Å². The molecule has 0 aliphatic heterocycles. The van der Waals surface area contributed by atoms with E-state index >= 15 is 0 Å². The van der Waals surface area contributed by atoms with E-state index < -0.39 is 0 Å². The lowest BCUT2D eigenvalue weighted by molar-refractivity contribution is 0.0934. The SMILES string of the molecule is CC(C)CC(CN)NC(=O)c1ccc2[nH]ccc2c1. The van der Waals surface area contributed by atoms with Gasteiger partial charge in [-0.25, -0.2) is 0 Å². The van der Waals surface area contributed by atoms with E-state index in [0.717, 1.165) is 17.3 Å². The van der Waals surface area contributed by atoms with Gasteiger partial charge < -0.3 is 16.0 Å². The summed E-state index contributed by atoms with van der Waals surface area (Å²) in [5.74, 6) is 0.459. The summed E-state index contributed by atoms with van der Waals surface area (Å²) in [5.41, 5.74) is 7.41. The second kappa shape index (κ2) is 5.89. The van der Waals surface area contributed by atoms with E-state index in [0.29, 0.717) is 18.0 Å². The van der Waals surface area contributed by atoms with Gasteiger partial charge in [-0.3, -0.25) is 4.79 Å². The molecule has 4 N–H and O–H groups in total. The van der Waals surface area contributed by atoms with E-state index in [2.05, 4.69) is 24.1 Å². The molecule has 1 unspecified atom stereocenters. The Balaban J connectivity index is 2.09. The Labute approximate surface area is 113 Å². The Bertz CT molecular complexity index is 559. The molecular weight excluding hydrogens is 238 g/mol. The van der Waals surface area contributed by atoms with Crippen LogP contribution in [0.3, 0.4) is 0 Å². The largest absolute Gasteiger partial charge is 0.361 e. The number of hydrogen-bond acceptors (Lipinski definition) is 2. The predicted octanol–water partition coefficient (Wildman–Crippen LogP) is 2.27. The van der Waals surface area contributed by atoms with Crippen molar-refractivity contribution in [1.82, 2.24) is 10.3 Å². The molecule has 0 radical (unpaired) electrons. The van der Waals surface area contributed by atoms with Crippen LogP contribution in [0.2, 0.25) is 0 Å². The number of nitrogens with one attached hydrogen (secondary N) is 2. The highest BCUT2D eigenvalue weighted by atomic mass is 16.1. The number of H-pyrrole nitrogens is 1. The summed E-state index contributed by atoms with van der Waals surface area (Å²) in [6.07, 6.45) is 2.77. The maximum atomic E-state index is 12.2. The number of aromatic amines is 1. The van der Waals surface area contributed by atoms with Crippen LogP contribution in [0.15, 0.2) is 30.5 Å². The molecule has 1 aromatic carbocycles. The van der Waals surface area contributed by atoms with Crippen LogP contribution < -0.4 is 11.1 Å². The van der Waals surface area contributed by atoms with Gasteiger partial charge in [-0.1, -0.05) is 13.8 Å². The van der Waals surface area contributed by atoms with E-state index in [1.165, 1.54) is 0 Å². The van der Waals surface area contributed by atoms with Crippen LogP contribution in [0.5, 0.6) is 0 Å². The number of nitrogens with two attached hydrogens (primary N) is 1. The topological polar surface area (TPSA) is 70.9 Å². The number of aromatic nitrogens is 1. The number of rotatable bonds is 5. The van der Waals surface area contributed by atoms with Crippen molar-refractivity contribution in [2.24, 2.45) is 11.7 Å². The van der Waals surface area contributed by atoms with E-state index in [1.54, 1.807) is 0 Å². The van der Waals surface area contributed by atoms with Gasteiger partial charge in [0.05, 0.1) is 0 Å². The smallest absolute Gasteiger partial charge is 0.251 e. The molecule has 0 aliphatic carbocycles. The van der Waals surface area contributed by atoms with Gasteiger partial charge in [-0.05, 0) is 36.6 Å². The zero-order valence-electron chi connectivity index (χ0n) is 11.4. The minimum atomic E-state index is -0.0563. The average Bonchev–Trinajstić information content (AvgIpc) is 2.84. The van der Waals surface area contributed by atoms with Crippen LogP contribution in [-0.4, -0.2) is 23.5 Å². The molecule has 0 fully saturated rings. The van der Waals surface area contributed by atoms with Crippen LogP contribution in [0.25, 0.3) is 10.9 Å². The fourth-order valence-corrected chi connectivity index (χ4v) is 2.25. The molecule has 2 rings (SSSR count). The first-order valence-corrected chi connectivity index (χ1v) is 6.68. The summed E-state index contributed by atoms with van der Waals surface area (Å²) in [7, 11) is 0. The quantitative estimate of drug-likeness (QED) is 0.771. The molecular formula is C15H21N3O. The third kappa shape index (κ3) is 3.35. The molecule has 4 nitrogen and oxygen atoms in total. The summed E-state index contributed by atoms with van der Waals surface area (Å²) >= 11 is 0. The van der Waals surface area contributed by atoms with Crippen molar-refractivity contribution < 1.29 is 4.79 Å². The lowest BCUT2D eigenvalue weighted by Gasteiger charge is -2.18. The first-order chi connectivity index (χ1) is 9.10. The van der Waals surface area contributed by atoms with Crippen molar-refractivity contribution >= 4 is 16.8 Å². The van der Waals surface area contributed by atoms with Crippen molar-refractivity contribution in [3.63, 3.8) is 0 Å². The summed E-state index contributed by atoms with van der Waals surface area (Å²) in [5, 5.41) is 4.04. The summed E-state index contributed by atoms with van der Waals surface area (Å²) in [6, 6.07) is 7.64. The van der Waals surface area contributed by atoms with Crippen molar-refractivity contribution in [3.8, 4) is 0 Å². The predicted molar refractivity (Wildman–Crippen MR) is 78.1 cm³/mol. The molecule has 0 aliphatic rings. The molecule has 1 aromatic heterocycles. The highest BCUT2D eigenvalue weighted by Gasteiger charge is 2.14. The molecule has 1 heterocycles. The second-order valence-electron chi connectivity index (χ2n) is 5.32. The van der Waals surface area contributed by atoms with Crippen molar-refractivity contribution in [2.75, 3.05) is 6.54 Å². The minimum absolute atomic E-state index is 0.0365. The average molecular weight is 259 g/mol. The van der Waals surface area contributed by atoms with Gasteiger partial charge in [0, 0.05) is 35.2 Å². The summed E-state index contributed by atoms with van der Waals surface area (Å²) < 4.78 is 0. The minimum Gasteiger partial charge on any atom is -0.361 e. The number of fused-ring (bicyclic) bond motifs is 1. The molecule has 102 valence electrons. The van der Waals surface area contributed by atoms with Gasteiger partial charge in [0.2, 0.25) is 0 Å². The molecule has 0 bridgehead atoms. The maximum Gasteiger partial charge on any atom is 0.251 e. The number of benzene rings is 1. The molecule has 19 heavy (non-hydrogen) atoms. The Morgan fingerprint density at radius 1 is 1.37 bits per heavy atom. The molecule has 0 saturated carbocycles. The maximum absolute atomic E-state index is 12.2. The van der Waals surface area contributed by atoms with Crippen molar-refractivity contribution in [3.05, 3.63) is 36.0 Å². The Morgan fingerprint density at radius 3 is 2.84 bits per heavy atom. The lowest BCUT2D eigenvalue weighted by Crippen LogP contribution is -2.41. The van der Waals surface area contributed by atoms with Crippen molar-refractivity contribution in [2.45, 2.75) is 26.3 Å². The van der Waals surface area contributed by atoms with E-state index in [9.17, 15) is 4.79 Å². The van der Waals surface area contributed by atoms with Crippen molar-refractivity contribution in [1.29, 1.82) is 0 Å². The molecule has 1 atom stereocenters. The number of amides is 1. The lowest BCUT2D eigenvalue weighted by atomic mass is 10.0. The standard InChI is InChI=1S/C15H21N3O/c1-10(2)7-13(9-16)18-15(19)12-3-4-14-11(8-12)5-6-17-14/h3-6,8,10,13,17H,7,9,16H2,1-2H3,(H,18,19). The normalized spacial score (nSPS) is 12.8. The number of carbonyl (C=O) groups excluding carboxylic acids is 1. The third-order valence-corrected chi connectivity index (χ3v) is 3.19. The molecule has 2 aromatic rings. The van der Waals surface area contributed by atoms with Gasteiger partial charge in [0.25, 0.3) is 5.91 Å². The third-order valence-electron chi connectivity index (χ3n) is 3.19. The first-order valence-electron chi connectivity index (χ1n) is 6.68. The monoisotopic (exact) mass is 259 g/mol. The van der Waals surface area contributed by atoms with Crippen LogP contribution in [-0.2, 0) is 0 Å². The second-order valence-corrected chi connectivity index (χ2v) is 5.32. The van der Waals surface area contributed by atoms with Crippen LogP contribution in [0.1, 0.15) is 30.6 Å². The fraction of sp³-hybridized carbons (Fsp3) is 0.400. The molecule has 4 heteroatoms. The Hall–Kier alpha value is -1.81. The number of hydrogen-bond donors (Lipinski definition) is 3. The van der Waals surface area contributed by atoms with Gasteiger partial charge in [-0.2, -0.15) is 0 Å². The zero-order chi connectivity index (χ0) is 13.8. The van der Waals surface area contributed by atoms with E-state index in [-0.39, 0.29) is 11.9 Å². The summed E-state index contributed by atoms with van der Waals surface area (Å²) in [4.78, 5) is 15.3. The van der Waals surface area contributed by atoms with Gasteiger partial charge in [0.15, 0.2) is 0 Å². The highest BCUT2D eigenvalue weighted by molar-refractivity contribution is 5.98. The number of carbonyl (C=O) groups is 1. The molecule has 1 amide bonds. The summed E-state index contributed by atoms with van der Waals surface area (Å²) in [6.45, 7) is 4.72. The van der Waals surface area contributed by atoms with E-state index in [4.69, 9.17) is 5.73 Å². The Kier molecular flexibility index (Phi) is 4.22. The molecule has 0 saturated heterocycles. The van der Waals surface area contributed by atoms with Crippen LogP contribution >= 0.6 is 0 Å².